The van der Waals surface area contributed by atoms with Crippen LogP contribution in [0.1, 0.15) is 65.0 Å². The molecule has 1 aromatic rings. The zero-order valence-electron chi connectivity index (χ0n) is 19.7. The number of hydrogen-bond acceptors (Lipinski definition) is 7. The van der Waals surface area contributed by atoms with Crippen LogP contribution >= 0.6 is 0 Å². The molecule has 3 unspecified atom stereocenters. The standard InChI is InChI=1S/C23H39N3O5/c1-15-7-9-16(10-8-15)20(26-22(28)31-23(2,3)4)21(30-6)25-19-13-17(11-12-24-19)18(27)14-29-5/h11-13,15-16,18,20-21,27H,7-10,14H2,1-6H3,(H,24,25)(H,26,28). The molecule has 2 rings (SSSR count). The summed E-state index contributed by atoms with van der Waals surface area (Å²) in [4.78, 5) is 16.9. The van der Waals surface area contributed by atoms with Crippen molar-refractivity contribution in [3.05, 3.63) is 23.9 Å². The van der Waals surface area contributed by atoms with E-state index >= 15 is 0 Å². The summed E-state index contributed by atoms with van der Waals surface area (Å²) in [7, 11) is 3.15. The van der Waals surface area contributed by atoms with Crippen LogP contribution in [0.3, 0.4) is 0 Å². The van der Waals surface area contributed by atoms with Gasteiger partial charge < -0.3 is 30.0 Å². The lowest BCUT2D eigenvalue weighted by Crippen LogP contribution is -2.53. The Bertz CT molecular complexity index is 686. The van der Waals surface area contributed by atoms with Crippen LogP contribution in [-0.2, 0) is 14.2 Å². The zero-order chi connectivity index (χ0) is 23.0. The normalized spacial score (nSPS) is 22.3. The number of aliphatic hydroxyl groups is 1. The Morgan fingerprint density at radius 2 is 1.94 bits per heavy atom. The minimum Gasteiger partial charge on any atom is -0.444 e. The Kier molecular flexibility index (Phi) is 9.53. The molecule has 8 heteroatoms. The van der Waals surface area contributed by atoms with Crippen LogP contribution in [0, 0.1) is 11.8 Å². The van der Waals surface area contributed by atoms with E-state index in [0.29, 0.717) is 17.3 Å². The maximum Gasteiger partial charge on any atom is 0.408 e. The summed E-state index contributed by atoms with van der Waals surface area (Å²) in [5, 5.41) is 16.5. The number of anilines is 1. The van der Waals surface area contributed by atoms with Gasteiger partial charge in [-0.25, -0.2) is 9.78 Å². The second-order valence-corrected chi connectivity index (χ2v) is 9.44. The van der Waals surface area contributed by atoms with Crippen LogP contribution in [0.2, 0.25) is 0 Å². The van der Waals surface area contributed by atoms with Gasteiger partial charge in [0.2, 0.25) is 0 Å². The molecule has 1 aliphatic carbocycles. The molecule has 0 saturated heterocycles. The highest BCUT2D eigenvalue weighted by Gasteiger charge is 2.35. The number of methoxy groups -OCH3 is 2. The van der Waals surface area contributed by atoms with E-state index < -0.39 is 24.0 Å². The Balaban J connectivity index is 2.19. The number of nitrogens with zero attached hydrogens (tertiary/aromatic N) is 1. The molecule has 8 nitrogen and oxygen atoms in total. The number of aliphatic hydroxyl groups excluding tert-OH is 1. The minimum atomic E-state index is -0.745. The number of amides is 1. The van der Waals surface area contributed by atoms with Crippen LogP contribution in [0.5, 0.6) is 0 Å². The van der Waals surface area contributed by atoms with Crippen LogP contribution in [-0.4, -0.2) is 54.9 Å². The predicted molar refractivity (Wildman–Crippen MR) is 120 cm³/mol. The van der Waals surface area contributed by atoms with Crippen molar-refractivity contribution in [1.29, 1.82) is 0 Å². The van der Waals surface area contributed by atoms with Gasteiger partial charge in [0.1, 0.15) is 23.8 Å². The molecule has 31 heavy (non-hydrogen) atoms. The van der Waals surface area contributed by atoms with Crippen molar-refractivity contribution >= 4 is 11.9 Å². The van der Waals surface area contributed by atoms with E-state index in [0.717, 1.165) is 25.7 Å². The van der Waals surface area contributed by atoms with Crippen LogP contribution in [0.25, 0.3) is 0 Å². The highest BCUT2D eigenvalue weighted by atomic mass is 16.6. The number of ether oxygens (including phenoxy) is 3. The summed E-state index contributed by atoms with van der Waals surface area (Å²) < 4.78 is 16.3. The van der Waals surface area contributed by atoms with E-state index in [1.807, 2.05) is 20.8 Å². The molecule has 0 spiro atoms. The van der Waals surface area contributed by atoms with E-state index in [-0.39, 0.29) is 18.6 Å². The number of carbonyl (C=O) groups is 1. The molecule has 0 bridgehead atoms. The average molecular weight is 438 g/mol. The lowest BCUT2D eigenvalue weighted by atomic mass is 9.78. The van der Waals surface area contributed by atoms with Gasteiger partial charge in [0.05, 0.1) is 12.6 Å². The lowest BCUT2D eigenvalue weighted by Gasteiger charge is -2.37. The van der Waals surface area contributed by atoms with Crippen LogP contribution < -0.4 is 10.6 Å². The molecule has 3 N–H and O–H groups in total. The third-order valence-corrected chi connectivity index (χ3v) is 5.62. The molecule has 3 atom stereocenters. The van der Waals surface area contributed by atoms with Gasteiger partial charge in [-0.3, -0.25) is 0 Å². The predicted octanol–water partition coefficient (Wildman–Crippen LogP) is 3.87. The summed E-state index contributed by atoms with van der Waals surface area (Å²) in [5.41, 5.74) is 0.108. The fourth-order valence-corrected chi connectivity index (χ4v) is 3.96. The monoisotopic (exact) mass is 437 g/mol. The molecule has 0 radical (unpaired) electrons. The Morgan fingerprint density at radius 1 is 1.26 bits per heavy atom. The topological polar surface area (TPSA) is 102 Å². The molecule has 1 fully saturated rings. The molecule has 0 aromatic carbocycles. The Morgan fingerprint density at radius 3 is 2.52 bits per heavy atom. The fourth-order valence-electron chi connectivity index (χ4n) is 3.96. The first-order valence-corrected chi connectivity index (χ1v) is 11.0. The van der Waals surface area contributed by atoms with E-state index in [2.05, 4.69) is 22.5 Å². The second kappa shape index (κ2) is 11.6. The van der Waals surface area contributed by atoms with E-state index in [1.165, 1.54) is 0 Å². The highest BCUT2D eigenvalue weighted by molar-refractivity contribution is 5.68. The number of pyridine rings is 1. The van der Waals surface area contributed by atoms with E-state index in [4.69, 9.17) is 14.2 Å². The molecule has 1 aromatic heterocycles. The summed E-state index contributed by atoms with van der Waals surface area (Å²) in [6, 6.07) is 3.22. The highest BCUT2D eigenvalue weighted by Crippen LogP contribution is 2.32. The molecule has 1 aliphatic rings. The van der Waals surface area contributed by atoms with Crippen LogP contribution in [0.15, 0.2) is 18.3 Å². The van der Waals surface area contributed by atoms with Crippen molar-refractivity contribution in [3.8, 4) is 0 Å². The van der Waals surface area contributed by atoms with Crippen molar-refractivity contribution in [2.75, 3.05) is 26.1 Å². The first-order chi connectivity index (χ1) is 14.6. The smallest absolute Gasteiger partial charge is 0.408 e. The van der Waals surface area contributed by atoms with E-state index in [1.54, 1.807) is 32.5 Å². The molecule has 1 saturated carbocycles. The maximum atomic E-state index is 12.6. The first-order valence-electron chi connectivity index (χ1n) is 11.0. The van der Waals surface area contributed by atoms with Crippen molar-refractivity contribution in [2.45, 2.75) is 77.4 Å². The Labute approximate surface area is 186 Å². The lowest BCUT2D eigenvalue weighted by molar-refractivity contribution is 0.0251. The zero-order valence-corrected chi connectivity index (χ0v) is 19.7. The average Bonchev–Trinajstić information content (AvgIpc) is 2.70. The maximum absolute atomic E-state index is 12.6. The van der Waals surface area contributed by atoms with Gasteiger partial charge in [-0.1, -0.05) is 19.8 Å². The Hall–Kier alpha value is -1.90. The third kappa shape index (κ3) is 8.27. The molecular formula is C23H39N3O5. The van der Waals surface area contributed by atoms with Gasteiger partial charge in [0, 0.05) is 20.4 Å². The van der Waals surface area contributed by atoms with Gasteiger partial charge in [-0.05, 0) is 63.1 Å². The number of alkyl carbamates (subject to hydrolysis) is 1. The quantitative estimate of drug-likeness (QED) is 0.504. The molecule has 1 heterocycles. The molecular weight excluding hydrogens is 398 g/mol. The largest absolute Gasteiger partial charge is 0.444 e. The summed E-state index contributed by atoms with van der Waals surface area (Å²) in [6.07, 6.45) is 4.15. The molecule has 176 valence electrons. The SMILES string of the molecule is COCC(O)c1ccnc(NC(OC)C(NC(=O)OC(C)(C)C)C2CCC(C)CC2)c1. The molecule has 0 aliphatic heterocycles. The third-order valence-electron chi connectivity index (χ3n) is 5.62. The summed E-state index contributed by atoms with van der Waals surface area (Å²) >= 11 is 0. The van der Waals surface area contributed by atoms with Gasteiger partial charge in [-0.15, -0.1) is 0 Å². The summed E-state index contributed by atoms with van der Waals surface area (Å²) in [5.74, 6) is 1.50. The number of rotatable bonds is 9. The van der Waals surface area contributed by atoms with Crippen molar-refractivity contribution in [1.82, 2.24) is 10.3 Å². The first kappa shape index (κ1) is 25.4. The number of carbonyl (C=O) groups excluding carboxylic acids is 1. The molecule has 1 amide bonds. The number of aromatic nitrogens is 1. The van der Waals surface area contributed by atoms with Gasteiger partial charge in [0.15, 0.2) is 0 Å². The second-order valence-electron chi connectivity index (χ2n) is 9.44. The van der Waals surface area contributed by atoms with Gasteiger partial charge in [0.25, 0.3) is 0 Å². The van der Waals surface area contributed by atoms with E-state index in [9.17, 15) is 9.90 Å². The minimum absolute atomic E-state index is 0.195. The van der Waals surface area contributed by atoms with Gasteiger partial charge >= 0.3 is 6.09 Å². The van der Waals surface area contributed by atoms with Crippen molar-refractivity contribution in [2.24, 2.45) is 11.8 Å². The van der Waals surface area contributed by atoms with Crippen molar-refractivity contribution in [3.63, 3.8) is 0 Å². The number of nitrogens with one attached hydrogen (secondary N) is 2. The summed E-state index contributed by atoms with van der Waals surface area (Å²) in [6.45, 7) is 7.99. The fraction of sp³-hybridized carbons (Fsp3) is 0.739. The number of hydrogen-bond donors (Lipinski definition) is 3. The van der Waals surface area contributed by atoms with Gasteiger partial charge in [-0.2, -0.15) is 0 Å². The van der Waals surface area contributed by atoms with Crippen molar-refractivity contribution < 1.29 is 24.1 Å². The van der Waals surface area contributed by atoms with Crippen LogP contribution in [0.4, 0.5) is 10.6 Å².